The van der Waals surface area contributed by atoms with E-state index < -0.39 is 6.10 Å². The second kappa shape index (κ2) is 6.17. The van der Waals surface area contributed by atoms with E-state index in [0.29, 0.717) is 12.2 Å². The van der Waals surface area contributed by atoms with Gasteiger partial charge in [0.05, 0.1) is 13.2 Å². The van der Waals surface area contributed by atoms with E-state index in [0.717, 1.165) is 5.56 Å². The summed E-state index contributed by atoms with van der Waals surface area (Å²) in [5.74, 6) is 0. The molecule has 0 aliphatic rings. The molecule has 0 fully saturated rings. The fourth-order valence-corrected chi connectivity index (χ4v) is 1.11. The van der Waals surface area contributed by atoms with Crippen molar-refractivity contribution in [3.05, 3.63) is 60.7 Å². The lowest BCUT2D eigenvalue weighted by atomic mass is 10.2. The first kappa shape index (κ1) is 11.7. The first-order chi connectivity index (χ1) is 7.24. The molecular formula is C13H16O2. The lowest BCUT2D eigenvalue weighted by Gasteiger charge is -2.11. The molecule has 2 heteroatoms. The van der Waals surface area contributed by atoms with Crippen LogP contribution in [0.25, 0.3) is 0 Å². The Bertz CT molecular complexity index is 317. The van der Waals surface area contributed by atoms with Crippen LogP contribution in [0.3, 0.4) is 0 Å². The minimum absolute atomic E-state index is 0.250. The molecule has 0 saturated carbocycles. The van der Waals surface area contributed by atoms with E-state index in [1.54, 1.807) is 0 Å². The quantitative estimate of drug-likeness (QED) is 0.720. The molecule has 15 heavy (non-hydrogen) atoms. The van der Waals surface area contributed by atoms with E-state index in [-0.39, 0.29) is 6.61 Å². The Hall–Kier alpha value is -1.38. The van der Waals surface area contributed by atoms with E-state index in [4.69, 9.17) is 4.74 Å². The molecule has 0 saturated heterocycles. The highest BCUT2D eigenvalue weighted by Gasteiger charge is 2.05. The Kier molecular flexibility index (Phi) is 4.81. The van der Waals surface area contributed by atoms with Crippen LogP contribution in [0.4, 0.5) is 0 Å². The molecule has 1 aromatic rings. The SMILES string of the molecule is C=CC(=C)[C@H](O)COCc1ccccc1. The average molecular weight is 204 g/mol. The van der Waals surface area contributed by atoms with Gasteiger partial charge >= 0.3 is 0 Å². The lowest BCUT2D eigenvalue weighted by Crippen LogP contribution is -2.16. The monoisotopic (exact) mass is 204 g/mol. The Morgan fingerprint density at radius 1 is 1.40 bits per heavy atom. The largest absolute Gasteiger partial charge is 0.386 e. The standard InChI is InChI=1S/C13H16O2/c1-3-11(2)13(14)10-15-9-12-7-5-4-6-8-12/h3-8,13-14H,1-2,9-10H2/t13-/m1/s1. The predicted octanol–water partition coefficient (Wildman–Crippen LogP) is 2.31. The van der Waals surface area contributed by atoms with Gasteiger partial charge in [-0.3, -0.25) is 0 Å². The zero-order valence-corrected chi connectivity index (χ0v) is 8.73. The van der Waals surface area contributed by atoms with Crippen molar-refractivity contribution in [2.75, 3.05) is 6.61 Å². The average Bonchev–Trinajstić information content (AvgIpc) is 2.29. The summed E-state index contributed by atoms with van der Waals surface area (Å²) in [6, 6.07) is 9.83. The van der Waals surface area contributed by atoms with Gasteiger partial charge < -0.3 is 9.84 Å². The molecule has 0 aliphatic carbocycles. The smallest absolute Gasteiger partial charge is 0.102 e. The molecule has 0 unspecified atom stereocenters. The number of aliphatic hydroxyl groups is 1. The van der Waals surface area contributed by atoms with Gasteiger partial charge in [0.25, 0.3) is 0 Å². The van der Waals surface area contributed by atoms with Gasteiger partial charge in [-0.2, -0.15) is 0 Å². The summed E-state index contributed by atoms with van der Waals surface area (Å²) in [6.45, 7) is 7.94. The number of hydrogen-bond donors (Lipinski definition) is 1. The molecule has 0 heterocycles. The molecule has 80 valence electrons. The Labute approximate surface area is 90.5 Å². The van der Waals surface area contributed by atoms with Crippen molar-refractivity contribution < 1.29 is 9.84 Å². The zero-order valence-electron chi connectivity index (χ0n) is 8.73. The fourth-order valence-electron chi connectivity index (χ4n) is 1.11. The third-order valence-electron chi connectivity index (χ3n) is 2.08. The summed E-state index contributed by atoms with van der Waals surface area (Å²) < 4.78 is 5.35. The lowest BCUT2D eigenvalue weighted by molar-refractivity contribution is 0.0470. The second-order valence-electron chi connectivity index (χ2n) is 3.30. The Morgan fingerprint density at radius 3 is 2.67 bits per heavy atom. The highest BCUT2D eigenvalue weighted by Crippen LogP contribution is 2.04. The van der Waals surface area contributed by atoms with Gasteiger partial charge in [0, 0.05) is 0 Å². The molecule has 0 aromatic heterocycles. The van der Waals surface area contributed by atoms with Crippen molar-refractivity contribution in [2.24, 2.45) is 0 Å². The van der Waals surface area contributed by atoms with Crippen LogP contribution in [0.1, 0.15) is 5.56 Å². The van der Waals surface area contributed by atoms with Crippen LogP contribution in [-0.2, 0) is 11.3 Å². The summed E-state index contributed by atoms with van der Waals surface area (Å²) in [5, 5.41) is 9.50. The van der Waals surface area contributed by atoms with E-state index in [1.165, 1.54) is 6.08 Å². The molecule has 1 rings (SSSR count). The summed E-state index contributed by atoms with van der Waals surface area (Å²) in [4.78, 5) is 0. The van der Waals surface area contributed by atoms with E-state index in [1.807, 2.05) is 30.3 Å². The van der Waals surface area contributed by atoms with Crippen LogP contribution in [0.15, 0.2) is 55.1 Å². The van der Waals surface area contributed by atoms with Gasteiger partial charge in [-0.15, -0.1) is 0 Å². The third kappa shape index (κ3) is 4.11. The summed E-state index contributed by atoms with van der Waals surface area (Å²) >= 11 is 0. The van der Waals surface area contributed by atoms with E-state index in [2.05, 4.69) is 13.2 Å². The van der Waals surface area contributed by atoms with Crippen LogP contribution in [0.5, 0.6) is 0 Å². The second-order valence-corrected chi connectivity index (χ2v) is 3.30. The van der Waals surface area contributed by atoms with Crippen LogP contribution in [-0.4, -0.2) is 17.8 Å². The Balaban J connectivity index is 2.28. The van der Waals surface area contributed by atoms with Crippen molar-refractivity contribution in [3.8, 4) is 0 Å². The molecule has 0 bridgehead atoms. The first-order valence-electron chi connectivity index (χ1n) is 4.85. The number of ether oxygens (including phenoxy) is 1. The molecule has 0 aliphatic heterocycles. The van der Waals surface area contributed by atoms with Gasteiger partial charge in [0.1, 0.15) is 6.10 Å². The van der Waals surface area contributed by atoms with Crippen LogP contribution < -0.4 is 0 Å². The topological polar surface area (TPSA) is 29.5 Å². The maximum Gasteiger partial charge on any atom is 0.102 e. The number of rotatable bonds is 6. The minimum atomic E-state index is -0.661. The highest BCUT2D eigenvalue weighted by molar-refractivity contribution is 5.16. The normalized spacial score (nSPS) is 12.1. The molecule has 0 spiro atoms. The number of benzene rings is 1. The van der Waals surface area contributed by atoms with Gasteiger partial charge in [0.15, 0.2) is 0 Å². The number of aliphatic hydroxyl groups excluding tert-OH is 1. The van der Waals surface area contributed by atoms with Gasteiger partial charge in [-0.1, -0.05) is 49.6 Å². The highest BCUT2D eigenvalue weighted by atomic mass is 16.5. The van der Waals surface area contributed by atoms with Crippen molar-refractivity contribution in [1.82, 2.24) is 0 Å². The summed E-state index contributed by atoms with van der Waals surface area (Å²) in [6.07, 6.45) is 0.877. The number of hydrogen-bond acceptors (Lipinski definition) is 2. The molecule has 0 amide bonds. The molecule has 1 atom stereocenters. The predicted molar refractivity (Wildman–Crippen MR) is 61.4 cm³/mol. The Morgan fingerprint density at radius 2 is 2.07 bits per heavy atom. The van der Waals surface area contributed by atoms with Crippen LogP contribution in [0.2, 0.25) is 0 Å². The van der Waals surface area contributed by atoms with Gasteiger partial charge in [-0.05, 0) is 11.1 Å². The van der Waals surface area contributed by atoms with Gasteiger partial charge in [0.2, 0.25) is 0 Å². The summed E-state index contributed by atoms with van der Waals surface area (Å²) in [7, 11) is 0. The summed E-state index contributed by atoms with van der Waals surface area (Å²) in [5.41, 5.74) is 1.68. The maximum atomic E-state index is 9.50. The molecular weight excluding hydrogens is 188 g/mol. The first-order valence-corrected chi connectivity index (χ1v) is 4.85. The van der Waals surface area contributed by atoms with E-state index >= 15 is 0 Å². The molecule has 1 aromatic carbocycles. The van der Waals surface area contributed by atoms with E-state index in [9.17, 15) is 5.11 Å². The molecule has 0 radical (unpaired) electrons. The fraction of sp³-hybridized carbons (Fsp3) is 0.231. The van der Waals surface area contributed by atoms with Crippen LogP contribution >= 0.6 is 0 Å². The maximum absolute atomic E-state index is 9.50. The zero-order chi connectivity index (χ0) is 11.1. The van der Waals surface area contributed by atoms with Gasteiger partial charge in [-0.25, -0.2) is 0 Å². The third-order valence-corrected chi connectivity index (χ3v) is 2.08. The minimum Gasteiger partial charge on any atom is -0.386 e. The molecule has 1 N–H and O–H groups in total. The molecule has 2 nitrogen and oxygen atoms in total. The van der Waals surface area contributed by atoms with Crippen molar-refractivity contribution in [1.29, 1.82) is 0 Å². The van der Waals surface area contributed by atoms with Crippen LogP contribution in [0, 0.1) is 0 Å². The van der Waals surface area contributed by atoms with Crippen molar-refractivity contribution in [3.63, 3.8) is 0 Å². The van der Waals surface area contributed by atoms with Crippen molar-refractivity contribution >= 4 is 0 Å². The van der Waals surface area contributed by atoms with Crippen molar-refractivity contribution in [2.45, 2.75) is 12.7 Å².